The van der Waals surface area contributed by atoms with Gasteiger partial charge in [0.2, 0.25) is 11.9 Å². The van der Waals surface area contributed by atoms with E-state index in [4.69, 9.17) is 16.3 Å². The molecule has 1 aliphatic rings. The summed E-state index contributed by atoms with van der Waals surface area (Å²) in [5.41, 5.74) is 0.669. The summed E-state index contributed by atoms with van der Waals surface area (Å²) >= 11 is 6.33. The molecule has 2 heterocycles. The number of piperidine rings is 1. The monoisotopic (exact) mass is 635 g/mol. The molecule has 1 aliphatic heterocycles. The first kappa shape index (κ1) is 31.5. The predicted octanol–water partition coefficient (Wildman–Crippen LogP) is 4.84. The fourth-order valence-corrected chi connectivity index (χ4v) is 6.97. The summed E-state index contributed by atoms with van der Waals surface area (Å²) in [6, 6.07) is 10.7. The van der Waals surface area contributed by atoms with Gasteiger partial charge in [0.25, 0.3) is 0 Å². The molecule has 14 heteroatoms. The lowest BCUT2D eigenvalue weighted by Crippen LogP contribution is -2.41. The molecule has 11 nitrogen and oxygen atoms in total. The molecule has 0 aliphatic carbocycles. The summed E-state index contributed by atoms with van der Waals surface area (Å²) in [7, 11) is -6.13. The molecular weight excluding hydrogens is 602 g/mol. The number of amides is 1. The maximum atomic E-state index is 13.1. The summed E-state index contributed by atoms with van der Waals surface area (Å²) < 4.78 is 57.3. The molecule has 0 unspecified atom stereocenters. The van der Waals surface area contributed by atoms with E-state index in [1.165, 1.54) is 37.6 Å². The van der Waals surface area contributed by atoms with Crippen molar-refractivity contribution < 1.29 is 26.4 Å². The molecule has 0 saturated carbocycles. The van der Waals surface area contributed by atoms with Crippen LogP contribution in [0.1, 0.15) is 33.6 Å². The van der Waals surface area contributed by atoms with Gasteiger partial charge in [0.15, 0.2) is 25.5 Å². The number of nitrogens with zero attached hydrogens (tertiary/aromatic N) is 3. The van der Waals surface area contributed by atoms with Crippen molar-refractivity contribution in [2.75, 3.05) is 36.6 Å². The number of methoxy groups -OCH3 is 1. The highest BCUT2D eigenvalue weighted by molar-refractivity contribution is 7.92. The van der Waals surface area contributed by atoms with Gasteiger partial charge in [0.05, 0.1) is 39.7 Å². The Morgan fingerprint density at radius 3 is 2.43 bits per heavy atom. The van der Waals surface area contributed by atoms with Crippen LogP contribution in [0.4, 0.5) is 23.1 Å². The molecule has 0 atom stereocenters. The van der Waals surface area contributed by atoms with Crippen LogP contribution in [-0.2, 0) is 24.5 Å². The van der Waals surface area contributed by atoms with E-state index in [0.29, 0.717) is 30.4 Å². The Morgan fingerprint density at radius 1 is 1.07 bits per heavy atom. The van der Waals surface area contributed by atoms with Gasteiger partial charge < -0.3 is 20.3 Å². The molecule has 1 saturated heterocycles. The number of hydrogen-bond donors (Lipinski definition) is 2. The van der Waals surface area contributed by atoms with E-state index in [-0.39, 0.29) is 32.3 Å². The van der Waals surface area contributed by atoms with E-state index in [1.807, 2.05) is 0 Å². The van der Waals surface area contributed by atoms with Crippen molar-refractivity contribution in [3.05, 3.63) is 53.7 Å². The molecule has 1 aromatic heterocycles. The van der Waals surface area contributed by atoms with Gasteiger partial charge in [-0.3, -0.25) is 4.79 Å². The van der Waals surface area contributed by atoms with E-state index < -0.39 is 36.6 Å². The van der Waals surface area contributed by atoms with Gasteiger partial charge in [-0.15, -0.1) is 0 Å². The first-order valence-electron chi connectivity index (χ1n) is 13.4. The van der Waals surface area contributed by atoms with Gasteiger partial charge in [0.1, 0.15) is 16.5 Å². The maximum Gasteiger partial charge on any atom is 0.238 e. The van der Waals surface area contributed by atoms with Gasteiger partial charge in [-0.05, 0) is 56.9 Å². The number of halogens is 1. The molecular formula is C28H34ClN5O6S2. The van der Waals surface area contributed by atoms with Crippen molar-refractivity contribution >= 4 is 60.3 Å². The number of rotatable bonds is 10. The standard InChI is InChI=1S/C28H34ClN5O6S2/c1-18(2)42(38,39)25-8-6-5-7-23(25)31-27-21(29)16-30-28(33-27)32-22-10-9-20(15-24(22)40-4)41(36,37)17-26(35)34-13-11-19(3)12-14-34/h5-10,15-16,18-19H,11-14,17H2,1-4H3,(H2,30,31,32,33). The van der Waals surface area contributed by atoms with Crippen LogP contribution < -0.4 is 15.4 Å². The van der Waals surface area contributed by atoms with Crippen molar-refractivity contribution in [2.24, 2.45) is 5.92 Å². The maximum absolute atomic E-state index is 13.1. The van der Waals surface area contributed by atoms with Crippen molar-refractivity contribution in [3.63, 3.8) is 0 Å². The van der Waals surface area contributed by atoms with Crippen molar-refractivity contribution in [3.8, 4) is 5.75 Å². The molecule has 0 radical (unpaired) electrons. The van der Waals surface area contributed by atoms with E-state index >= 15 is 0 Å². The third kappa shape index (κ3) is 7.13. The molecule has 2 N–H and O–H groups in total. The Balaban J connectivity index is 1.55. The van der Waals surface area contributed by atoms with Crippen LogP contribution in [-0.4, -0.2) is 68.8 Å². The Labute approximate surface area is 251 Å². The molecule has 1 fully saturated rings. The lowest BCUT2D eigenvalue weighted by atomic mass is 9.99. The van der Waals surface area contributed by atoms with Crippen molar-refractivity contribution in [1.82, 2.24) is 14.9 Å². The average molecular weight is 636 g/mol. The first-order valence-corrected chi connectivity index (χ1v) is 17.0. The second-order valence-electron chi connectivity index (χ2n) is 10.4. The van der Waals surface area contributed by atoms with Gasteiger partial charge in [-0.2, -0.15) is 4.98 Å². The molecule has 2 aromatic carbocycles. The molecule has 0 spiro atoms. The number of ether oxygens (including phenoxy) is 1. The minimum atomic E-state index is -3.92. The lowest BCUT2D eigenvalue weighted by Gasteiger charge is -2.30. The highest BCUT2D eigenvalue weighted by Crippen LogP contribution is 2.33. The molecule has 3 aromatic rings. The summed E-state index contributed by atoms with van der Waals surface area (Å²) in [4.78, 5) is 22.9. The second kappa shape index (κ2) is 12.8. The van der Waals surface area contributed by atoms with Crippen molar-refractivity contribution in [1.29, 1.82) is 0 Å². The van der Waals surface area contributed by atoms with Gasteiger partial charge in [0, 0.05) is 19.2 Å². The van der Waals surface area contributed by atoms with Crippen LogP contribution in [0.5, 0.6) is 5.75 Å². The summed E-state index contributed by atoms with van der Waals surface area (Å²) in [6.07, 6.45) is 3.05. The van der Waals surface area contributed by atoms with Crippen LogP contribution in [0.25, 0.3) is 0 Å². The zero-order chi connectivity index (χ0) is 30.7. The first-order chi connectivity index (χ1) is 19.8. The SMILES string of the molecule is COc1cc(S(=O)(=O)CC(=O)N2CCC(C)CC2)ccc1Nc1ncc(Cl)c(Nc2ccccc2S(=O)(=O)C(C)C)n1. The van der Waals surface area contributed by atoms with Gasteiger partial charge >= 0.3 is 0 Å². The molecule has 42 heavy (non-hydrogen) atoms. The Kier molecular flexibility index (Phi) is 9.63. The van der Waals surface area contributed by atoms with Crippen LogP contribution in [0.3, 0.4) is 0 Å². The van der Waals surface area contributed by atoms with E-state index in [1.54, 1.807) is 36.9 Å². The number of anilines is 4. The third-order valence-corrected chi connectivity index (χ3v) is 11.1. The predicted molar refractivity (Wildman–Crippen MR) is 162 cm³/mol. The third-order valence-electron chi connectivity index (χ3n) is 7.04. The number of likely N-dealkylation sites (tertiary alicyclic amines) is 1. The Morgan fingerprint density at radius 2 is 1.76 bits per heavy atom. The van der Waals surface area contributed by atoms with Gasteiger partial charge in [-0.1, -0.05) is 30.7 Å². The van der Waals surface area contributed by atoms with Crippen LogP contribution in [0, 0.1) is 5.92 Å². The lowest BCUT2D eigenvalue weighted by molar-refractivity contribution is -0.129. The average Bonchev–Trinajstić information content (AvgIpc) is 2.95. The van der Waals surface area contributed by atoms with Crippen LogP contribution in [0.2, 0.25) is 5.02 Å². The molecule has 0 bridgehead atoms. The molecule has 1 amide bonds. The highest BCUT2D eigenvalue weighted by Gasteiger charge is 2.27. The number of aromatic nitrogens is 2. The molecule has 226 valence electrons. The number of carbonyl (C=O) groups is 1. The van der Waals surface area contributed by atoms with Gasteiger partial charge in [-0.25, -0.2) is 21.8 Å². The number of nitrogens with one attached hydrogen (secondary N) is 2. The Bertz CT molecular complexity index is 1670. The number of para-hydroxylation sites is 1. The number of benzene rings is 2. The van der Waals surface area contributed by atoms with E-state index in [0.717, 1.165) is 12.8 Å². The summed E-state index contributed by atoms with van der Waals surface area (Å²) in [5.74, 6) is -0.0833. The summed E-state index contributed by atoms with van der Waals surface area (Å²) in [6.45, 7) is 6.43. The second-order valence-corrected chi connectivity index (χ2v) is 15.3. The fourth-order valence-electron chi connectivity index (χ4n) is 4.40. The zero-order valence-corrected chi connectivity index (χ0v) is 26.2. The quantitative estimate of drug-likeness (QED) is 0.317. The minimum Gasteiger partial charge on any atom is -0.495 e. The topological polar surface area (TPSA) is 148 Å². The number of hydrogen-bond acceptors (Lipinski definition) is 10. The number of sulfone groups is 2. The van der Waals surface area contributed by atoms with E-state index in [2.05, 4.69) is 27.5 Å². The Hall–Kier alpha value is -3.42. The molecule has 4 rings (SSSR count). The van der Waals surface area contributed by atoms with E-state index in [9.17, 15) is 21.6 Å². The normalized spacial score (nSPS) is 14.6. The summed E-state index contributed by atoms with van der Waals surface area (Å²) in [5, 5.41) is 5.48. The van der Waals surface area contributed by atoms with Crippen LogP contribution >= 0.6 is 11.6 Å². The highest BCUT2D eigenvalue weighted by atomic mass is 35.5. The number of carbonyl (C=O) groups excluding carboxylic acids is 1. The van der Waals surface area contributed by atoms with Crippen molar-refractivity contribution in [2.45, 2.75) is 48.7 Å². The zero-order valence-electron chi connectivity index (χ0n) is 23.8. The fraction of sp³-hybridized carbons (Fsp3) is 0.393. The smallest absolute Gasteiger partial charge is 0.238 e. The largest absolute Gasteiger partial charge is 0.495 e. The minimum absolute atomic E-state index is 0.0500. The van der Waals surface area contributed by atoms with Crippen LogP contribution in [0.15, 0.2) is 58.5 Å².